The molecule has 1 aromatic heterocycles. The van der Waals surface area contributed by atoms with Crippen LogP contribution in [0.1, 0.15) is 18.7 Å². The van der Waals surface area contributed by atoms with Gasteiger partial charge in [-0.2, -0.15) is 9.97 Å². The van der Waals surface area contributed by atoms with Gasteiger partial charge in [0.05, 0.1) is 0 Å². The van der Waals surface area contributed by atoms with Gasteiger partial charge in [0, 0.05) is 11.1 Å². The fourth-order valence-corrected chi connectivity index (χ4v) is 3.02. The summed E-state index contributed by atoms with van der Waals surface area (Å²) in [6.07, 6.45) is 8.35. The van der Waals surface area contributed by atoms with E-state index in [1.54, 1.807) is 0 Å². The summed E-state index contributed by atoms with van der Waals surface area (Å²) in [4.78, 5) is 13.2. The van der Waals surface area contributed by atoms with Crippen LogP contribution in [-0.4, -0.2) is 15.0 Å². The molecule has 25 heavy (non-hydrogen) atoms. The van der Waals surface area contributed by atoms with Gasteiger partial charge in [-0.1, -0.05) is 66.8 Å². The molecule has 0 bridgehead atoms. The third kappa shape index (κ3) is 3.52. The molecule has 3 aromatic rings. The van der Waals surface area contributed by atoms with Gasteiger partial charge in [0.25, 0.3) is 0 Å². The van der Waals surface area contributed by atoms with E-state index >= 15 is 0 Å². The third-order valence-corrected chi connectivity index (χ3v) is 4.26. The van der Waals surface area contributed by atoms with Crippen molar-refractivity contribution in [3.05, 3.63) is 83.9 Å². The Kier molecular flexibility index (Phi) is 4.40. The molecular formula is C21H16ClN3. The van der Waals surface area contributed by atoms with Crippen molar-refractivity contribution in [2.24, 2.45) is 0 Å². The van der Waals surface area contributed by atoms with Gasteiger partial charge < -0.3 is 0 Å². The Labute approximate surface area is 151 Å². The van der Waals surface area contributed by atoms with Gasteiger partial charge in [0.2, 0.25) is 5.28 Å². The zero-order chi connectivity index (χ0) is 17.1. The number of nitrogens with zero attached hydrogens (tertiary/aromatic N) is 3. The summed E-state index contributed by atoms with van der Waals surface area (Å²) in [6.45, 7) is 0. The van der Waals surface area contributed by atoms with Gasteiger partial charge in [-0.05, 0) is 41.6 Å². The van der Waals surface area contributed by atoms with Crippen LogP contribution in [0.3, 0.4) is 0 Å². The van der Waals surface area contributed by atoms with E-state index in [4.69, 9.17) is 11.6 Å². The lowest BCUT2D eigenvalue weighted by atomic mass is 10.0. The molecule has 0 aliphatic heterocycles. The van der Waals surface area contributed by atoms with E-state index in [-0.39, 0.29) is 5.28 Å². The van der Waals surface area contributed by atoms with Crippen LogP contribution in [0.25, 0.3) is 28.1 Å². The SMILES string of the molecule is Clc1nc(C2=CCCC=C2)nc(-c2cccc(-c3ccccc3)c2)n1. The summed E-state index contributed by atoms with van der Waals surface area (Å²) in [5.74, 6) is 1.21. The third-order valence-electron chi connectivity index (χ3n) is 4.09. The number of hydrogen-bond donors (Lipinski definition) is 0. The minimum absolute atomic E-state index is 0.213. The van der Waals surface area contributed by atoms with E-state index in [1.165, 1.54) is 0 Å². The Morgan fingerprint density at radius 3 is 2.28 bits per heavy atom. The van der Waals surface area contributed by atoms with Crippen molar-refractivity contribution in [3.8, 4) is 22.5 Å². The molecule has 2 aromatic carbocycles. The highest BCUT2D eigenvalue weighted by Crippen LogP contribution is 2.26. The maximum absolute atomic E-state index is 6.16. The first-order valence-electron chi connectivity index (χ1n) is 8.24. The van der Waals surface area contributed by atoms with E-state index in [1.807, 2.05) is 36.4 Å². The standard InChI is InChI=1S/C21H16ClN3/c22-21-24-19(16-10-5-2-6-11-16)23-20(25-21)18-13-7-12-17(14-18)15-8-3-1-4-9-15/h1,3-5,7-14H,2,6H2. The van der Waals surface area contributed by atoms with Crippen LogP contribution in [-0.2, 0) is 0 Å². The minimum Gasteiger partial charge on any atom is -0.208 e. The maximum Gasteiger partial charge on any atom is 0.226 e. The van der Waals surface area contributed by atoms with Crippen LogP contribution in [0.15, 0.2) is 72.8 Å². The van der Waals surface area contributed by atoms with Gasteiger partial charge in [0.1, 0.15) is 0 Å². The highest BCUT2D eigenvalue weighted by atomic mass is 35.5. The van der Waals surface area contributed by atoms with Crippen molar-refractivity contribution in [3.63, 3.8) is 0 Å². The summed E-state index contributed by atoms with van der Waals surface area (Å²) < 4.78 is 0. The highest BCUT2D eigenvalue weighted by molar-refractivity contribution is 6.28. The lowest BCUT2D eigenvalue weighted by Gasteiger charge is -2.09. The van der Waals surface area contributed by atoms with Crippen molar-refractivity contribution < 1.29 is 0 Å². The highest BCUT2D eigenvalue weighted by Gasteiger charge is 2.11. The number of aromatic nitrogens is 3. The molecule has 1 aliphatic rings. The van der Waals surface area contributed by atoms with Crippen LogP contribution >= 0.6 is 11.6 Å². The summed E-state index contributed by atoms with van der Waals surface area (Å²) in [5.41, 5.74) is 4.19. The summed E-state index contributed by atoms with van der Waals surface area (Å²) in [6, 6.07) is 18.4. The van der Waals surface area contributed by atoms with Gasteiger partial charge in [-0.3, -0.25) is 0 Å². The van der Waals surface area contributed by atoms with Gasteiger partial charge >= 0.3 is 0 Å². The van der Waals surface area contributed by atoms with Gasteiger partial charge in [-0.25, -0.2) is 4.98 Å². The van der Waals surface area contributed by atoms with Crippen molar-refractivity contribution in [2.75, 3.05) is 0 Å². The number of benzene rings is 2. The topological polar surface area (TPSA) is 38.7 Å². The van der Waals surface area contributed by atoms with Gasteiger partial charge in [0.15, 0.2) is 11.6 Å². The average Bonchev–Trinajstić information content (AvgIpc) is 2.69. The molecule has 3 nitrogen and oxygen atoms in total. The Bertz CT molecular complexity index is 962. The Morgan fingerprint density at radius 1 is 0.720 bits per heavy atom. The zero-order valence-corrected chi connectivity index (χ0v) is 14.3. The van der Waals surface area contributed by atoms with Crippen LogP contribution < -0.4 is 0 Å². The van der Waals surface area contributed by atoms with Crippen LogP contribution in [0, 0.1) is 0 Å². The molecule has 1 aliphatic carbocycles. The molecule has 0 atom stereocenters. The maximum atomic E-state index is 6.16. The predicted molar refractivity (Wildman–Crippen MR) is 102 cm³/mol. The van der Waals surface area contributed by atoms with Gasteiger partial charge in [-0.15, -0.1) is 0 Å². The van der Waals surface area contributed by atoms with Crippen LogP contribution in [0.5, 0.6) is 0 Å². The van der Waals surface area contributed by atoms with Crippen molar-refractivity contribution in [2.45, 2.75) is 12.8 Å². The van der Waals surface area contributed by atoms with Crippen LogP contribution in [0.4, 0.5) is 0 Å². The lowest BCUT2D eigenvalue weighted by molar-refractivity contribution is 1.00. The fraction of sp³-hybridized carbons (Fsp3) is 0.0952. The summed E-state index contributed by atoms with van der Waals surface area (Å²) in [5, 5.41) is 0.213. The number of hydrogen-bond acceptors (Lipinski definition) is 3. The number of rotatable bonds is 3. The molecule has 1 heterocycles. The second-order valence-corrected chi connectivity index (χ2v) is 6.18. The lowest BCUT2D eigenvalue weighted by Crippen LogP contribution is -2.00. The minimum atomic E-state index is 0.213. The Hall–Kier alpha value is -2.78. The zero-order valence-electron chi connectivity index (χ0n) is 13.6. The van der Waals surface area contributed by atoms with Crippen LogP contribution in [0.2, 0.25) is 5.28 Å². The quantitative estimate of drug-likeness (QED) is 0.620. The normalized spacial score (nSPS) is 13.6. The average molecular weight is 346 g/mol. The number of halogens is 1. The Morgan fingerprint density at radius 2 is 1.48 bits per heavy atom. The second kappa shape index (κ2) is 6.99. The van der Waals surface area contributed by atoms with Crippen molar-refractivity contribution in [1.29, 1.82) is 0 Å². The first kappa shape index (κ1) is 15.7. The molecule has 0 spiro atoms. The molecule has 0 amide bonds. The first-order valence-corrected chi connectivity index (χ1v) is 8.62. The smallest absolute Gasteiger partial charge is 0.208 e. The predicted octanol–water partition coefficient (Wildman–Crippen LogP) is 5.59. The monoisotopic (exact) mass is 345 g/mol. The molecule has 0 fully saturated rings. The van der Waals surface area contributed by atoms with Crippen molar-refractivity contribution in [1.82, 2.24) is 15.0 Å². The molecule has 0 unspecified atom stereocenters. The fourth-order valence-electron chi connectivity index (χ4n) is 2.86. The number of allylic oxidation sites excluding steroid dienone is 4. The largest absolute Gasteiger partial charge is 0.226 e. The molecule has 4 heteroatoms. The molecule has 0 saturated heterocycles. The summed E-state index contributed by atoms with van der Waals surface area (Å²) >= 11 is 6.16. The molecule has 122 valence electrons. The van der Waals surface area contributed by atoms with E-state index in [2.05, 4.69) is 51.4 Å². The molecule has 4 rings (SSSR count). The molecular weight excluding hydrogens is 330 g/mol. The molecule has 0 saturated carbocycles. The second-order valence-electron chi connectivity index (χ2n) is 5.84. The van der Waals surface area contributed by atoms with E-state index in [9.17, 15) is 0 Å². The Balaban J connectivity index is 1.76. The first-order chi connectivity index (χ1) is 12.3. The van der Waals surface area contributed by atoms with E-state index in [0.29, 0.717) is 11.6 Å². The molecule has 0 N–H and O–H groups in total. The van der Waals surface area contributed by atoms with E-state index in [0.717, 1.165) is 35.1 Å². The summed E-state index contributed by atoms with van der Waals surface area (Å²) in [7, 11) is 0. The van der Waals surface area contributed by atoms with Crippen molar-refractivity contribution >= 4 is 17.2 Å². The molecule has 0 radical (unpaired) electrons. The van der Waals surface area contributed by atoms with E-state index < -0.39 is 0 Å².